The minimum atomic E-state index is -1.81. The van der Waals surface area contributed by atoms with Gasteiger partial charge in [-0.25, -0.2) is 0 Å². The number of allylic oxidation sites excluding steroid dienone is 1. The van der Waals surface area contributed by atoms with Crippen LogP contribution in [0.25, 0.3) is 0 Å². The lowest BCUT2D eigenvalue weighted by Crippen LogP contribution is -2.64. The molecule has 0 amide bonds. The van der Waals surface area contributed by atoms with Gasteiger partial charge in [0, 0.05) is 11.5 Å². The molecule has 14 unspecified atom stereocenters. The van der Waals surface area contributed by atoms with Crippen LogP contribution in [0.2, 0.25) is 0 Å². The summed E-state index contributed by atoms with van der Waals surface area (Å²) in [5.41, 5.74) is -0.790. The number of hydrogen-bond acceptors (Lipinski definition) is 14. The number of carbonyl (C=O) groups is 1. The molecular weight excluding hydrogens is 488 g/mol. The van der Waals surface area contributed by atoms with Crippen molar-refractivity contribution in [3.05, 3.63) is 11.8 Å². The van der Waals surface area contributed by atoms with Crippen molar-refractivity contribution in [3.8, 4) is 0 Å². The van der Waals surface area contributed by atoms with Gasteiger partial charge in [-0.2, -0.15) is 0 Å². The van der Waals surface area contributed by atoms with Gasteiger partial charge in [-0.1, -0.05) is 0 Å². The summed E-state index contributed by atoms with van der Waals surface area (Å²) in [6.07, 6.45) is -14.4. The second kappa shape index (κ2) is 10.8. The van der Waals surface area contributed by atoms with Crippen LogP contribution < -0.4 is 0 Å². The van der Waals surface area contributed by atoms with E-state index in [0.717, 1.165) is 0 Å². The molecule has 0 radical (unpaired) electrons. The number of aliphatic hydroxyl groups excluding tert-OH is 7. The molecule has 0 spiro atoms. The minimum absolute atomic E-state index is 0.291. The smallest absolute Gasteiger partial charge is 0.205 e. The van der Waals surface area contributed by atoms with Gasteiger partial charge in [0.2, 0.25) is 6.29 Å². The van der Waals surface area contributed by atoms with Gasteiger partial charge in [-0.15, -0.1) is 0 Å². The molecule has 206 valence electrons. The molecule has 8 N–H and O–H groups in total. The fourth-order valence-corrected chi connectivity index (χ4v) is 5.39. The molecule has 2 saturated heterocycles. The van der Waals surface area contributed by atoms with E-state index in [-0.39, 0.29) is 12.5 Å². The average Bonchev–Trinajstić information content (AvgIpc) is 3.18. The average molecular weight is 523 g/mol. The fraction of sp³-hybridized carbons (Fsp3) is 0.864. The van der Waals surface area contributed by atoms with Crippen molar-refractivity contribution in [3.63, 3.8) is 0 Å². The normalized spacial score (nSPS) is 51.2. The molecule has 0 aromatic heterocycles. The number of aliphatic hydroxyl groups is 8. The molecule has 3 heterocycles. The van der Waals surface area contributed by atoms with Gasteiger partial charge < -0.3 is 64.5 Å². The second-order valence-electron chi connectivity index (χ2n) is 9.95. The van der Waals surface area contributed by atoms with Crippen molar-refractivity contribution in [1.29, 1.82) is 0 Å². The van der Waals surface area contributed by atoms with Gasteiger partial charge in [0.25, 0.3) is 0 Å². The van der Waals surface area contributed by atoms with E-state index in [2.05, 4.69) is 0 Å². The second-order valence-corrected chi connectivity index (χ2v) is 9.95. The topological polar surface area (TPSA) is 225 Å². The Labute approximate surface area is 206 Å². The Morgan fingerprint density at radius 2 is 1.69 bits per heavy atom. The van der Waals surface area contributed by atoms with Crippen LogP contribution in [0.3, 0.4) is 0 Å². The molecule has 14 nitrogen and oxygen atoms in total. The monoisotopic (exact) mass is 522 g/mol. The first-order chi connectivity index (χ1) is 17.0. The molecular formula is C22H34O14. The van der Waals surface area contributed by atoms with Crippen molar-refractivity contribution >= 4 is 6.29 Å². The molecule has 3 fully saturated rings. The molecule has 0 bridgehead atoms. The lowest BCUT2D eigenvalue weighted by Gasteiger charge is -2.45. The summed E-state index contributed by atoms with van der Waals surface area (Å²) in [6.45, 7) is 0.538. The Hall–Kier alpha value is -1.27. The molecule has 3 aliphatic heterocycles. The molecule has 0 aromatic rings. The molecule has 14 heteroatoms. The van der Waals surface area contributed by atoms with Crippen LogP contribution in [0, 0.1) is 11.8 Å². The zero-order valence-electron chi connectivity index (χ0n) is 19.5. The Balaban J connectivity index is 1.43. The van der Waals surface area contributed by atoms with E-state index in [0.29, 0.717) is 24.7 Å². The third-order valence-electron chi connectivity index (χ3n) is 7.54. The Bertz CT molecular complexity index is 806. The summed E-state index contributed by atoms with van der Waals surface area (Å²) < 4.78 is 27.3. The summed E-state index contributed by atoms with van der Waals surface area (Å²) in [5.74, 6) is -0.878. The maximum atomic E-state index is 11.4. The van der Waals surface area contributed by atoms with E-state index < -0.39 is 85.8 Å². The first-order valence-corrected chi connectivity index (χ1v) is 11.8. The summed E-state index contributed by atoms with van der Waals surface area (Å²) in [6, 6.07) is 0. The van der Waals surface area contributed by atoms with Gasteiger partial charge in [0.1, 0.15) is 55.1 Å². The number of rotatable bonds is 7. The van der Waals surface area contributed by atoms with Crippen molar-refractivity contribution in [2.75, 3.05) is 13.2 Å². The highest BCUT2D eigenvalue weighted by molar-refractivity contribution is 5.74. The van der Waals surface area contributed by atoms with E-state index in [4.69, 9.17) is 23.7 Å². The molecule has 0 aromatic carbocycles. The number of ether oxygens (including phenoxy) is 5. The predicted octanol–water partition coefficient (Wildman–Crippen LogP) is -4.16. The number of hydrogen-bond donors (Lipinski definition) is 8. The van der Waals surface area contributed by atoms with E-state index in [1.165, 1.54) is 6.26 Å². The van der Waals surface area contributed by atoms with Gasteiger partial charge in [0.05, 0.1) is 31.0 Å². The standard InChI is InChI=1S/C22H34O14/c1-22(31)3-2-9-8(4-23)6-32-20(12(9)22)33-7-11-14(26)15(27)17(29)21(35-11)36-18-16(28)13(25)10(5-24)34-19(18)30/h4,6,9-21,24-31H,2-3,5,7H2,1H3. The van der Waals surface area contributed by atoms with Gasteiger partial charge in [-0.05, 0) is 19.8 Å². The summed E-state index contributed by atoms with van der Waals surface area (Å²) in [4.78, 5) is 11.4. The van der Waals surface area contributed by atoms with Crippen molar-refractivity contribution < 1.29 is 69.3 Å². The highest BCUT2D eigenvalue weighted by atomic mass is 16.7. The molecule has 1 aliphatic carbocycles. The first-order valence-electron chi connectivity index (χ1n) is 11.8. The first kappa shape index (κ1) is 27.8. The highest BCUT2D eigenvalue weighted by Crippen LogP contribution is 2.48. The Morgan fingerprint density at radius 3 is 2.36 bits per heavy atom. The third kappa shape index (κ3) is 5.06. The van der Waals surface area contributed by atoms with Crippen LogP contribution in [-0.2, 0) is 28.5 Å². The summed E-state index contributed by atoms with van der Waals surface area (Å²) in [7, 11) is 0. The zero-order chi connectivity index (χ0) is 26.4. The molecule has 36 heavy (non-hydrogen) atoms. The van der Waals surface area contributed by atoms with E-state index >= 15 is 0 Å². The van der Waals surface area contributed by atoms with Crippen molar-refractivity contribution in [2.24, 2.45) is 11.8 Å². The van der Waals surface area contributed by atoms with Gasteiger partial charge >= 0.3 is 0 Å². The number of fused-ring (bicyclic) bond motifs is 1. The molecule has 1 saturated carbocycles. The van der Waals surface area contributed by atoms with Gasteiger partial charge in [0.15, 0.2) is 12.6 Å². The number of carbonyl (C=O) groups excluding carboxylic acids is 1. The summed E-state index contributed by atoms with van der Waals surface area (Å²) in [5, 5.41) is 81.6. The quantitative estimate of drug-likeness (QED) is 0.149. The van der Waals surface area contributed by atoms with Crippen molar-refractivity contribution in [2.45, 2.75) is 93.1 Å². The van der Waals surface area contributed by atoms with E-state index in [1.807, 2.05) is 0 Å². The van der Waals surface area contributed by atoms with Crippen LogP contribution in [0.4, 0.5) is 0 Å². The summed E-state index contributed by atoms with van der Waals surface area (Å²) >= 11 is 0. The van der Waals surface area contributed by atoms with Crippen LogP contribution in [0.15, 0.2) is 11.8 Å². The molecule has 14 atom stereocenters. The van der Waals surface area contributed by atoms with Crippen LogP contribution >= 0.6 is 0 Å². The maximum Gasteiger partial charge on any atom is 0.205 e. The number of aldehydes is 1. The predicted molar refractivity (Wildman–Crippen MR) is 113 cm³/mol. The minimum Gasteiger partial charge on any atom is -0.472 e. The van der Waals surface area contributed by atoms with Crippen LogP contribution in [0.1, 0.15) is 19.8 Å². The Kier molecular flexibility index (Phi) is 8.36. The zero-order valence-corrected chi connectivity index (χ0v) is 19.5. The molecule has 4 aliphatic rings. The van der Waals surface area contributed by atoms with E-state index in [9.17, 15) is 45.6 Å². The van der Waals surface area contributed by atoms with Crippen LogP contribution in [0.5, 0.6) is 0 Å². The lowest BCUT2D eigenvalue weighted by molar-refractivity contribution is -0.364. The Morgan fingerprint density at radius 1 is 1.00 bits per heavy atom. The largest absolute Gasteiger partial charge is 0.472 e. The fourth-order valence-electron chi connectivity index (χ4n) is 5.39. The highest BCUT2D eigenvalue weighted by Gasteiger charge is 2.54. The third-order valence-corrected chi connectivity index (χ3v) is 7.54. The van der Waals surface area contributed by atoms with Crippen molar-refractivity contribution in [1.82, 2.24) is 0 Å². The van der Waals surface area contributed by atoms with Gasteiger partial charge in [-0.3, -0.25) is 4.79 Å². The SMILES string of the molecule is CC1(O)CCC2C(C=O)=COC(OCC3OC(OC4C(O)OC(CO)C(O)C4O)C(O)C(O)C3O)C21. The molecule has 4 rings (SSSR count). The lowest BCUT2D eigenvalue weighted by atomic mass is 9.82. The van der Waals surface area contributed by atoms with E-state index in [1.54, 1.807) is 6.92 Å². The maximum absolute atomic E-state index is 11.4. The van der Waals surface area contributed by atoms with Crippen LogP contribution in [-0.4, -0.2) is 134 Å².